The Balaban J connectivity index is 2.01. The average Bonchev–Trinajstić information content (AvgIpc) is 3.05. The van der Waals surface area contributed by atoms with E-state index in [1.54, 1.807) is 35.3 Å². The van der Waals surface area contributed by atoms with E-state index in [0.717, 1.165) is 25.5 Å². The summed E-state index contributed by atoms with van der Waals surface area (Å²) in [6, 6.07) is 6.74. The lowest BCUT2D eigenvalue weighted by Gasteiger charge is -2.08. The zero-order chi connectivity index (χ0) is 15.8. The maximum atomic E-state index is 11.2. The third-order valence-corrected chi connectivity index (χ3v) is 3.26. The van der Waals surface area contributed by atoms with Gasteiger partial charge < -0.3 is 10.1 Å². The van der Waals surface area contributed by atoms with E-state index < -0.39 is 4.92 Å². The summed E-state index contributed by atoms with van der Waals surface area (Å²) in [7, 11) is 0. The Kier molecular flexibility index (Phi) is 5.65. The molecule has 22 heavy (non-hydrogen) atoms. The molecule has 0 fully saturated rings. The number of nitro groups is 1. The molecule has 0 atom stereocenters. The van der Waals surface area contributed by atoms with Gasteiger partial charge in [0, 0.05) is 31.4 Å². The number of aldehydes is 1. The lowest BCUT2D eigenvalue weighted by atomic mass is 10.2. The van der Waals surface area contributed by atoms with Gasteiger partial charge in [0.2, 0.25) is 0 Å². The van der Waals surface area contributed by atoms with Crippen molar-refractivity contribution in [2.75, 3.05) is 11.9 Å². The highest BCUT2D eigenvalue weighted by atomic mass is 16.6. The van der Waals surface area contributed by atoms with Crippen LogP contribution in [-0.2, 0) is 4.79 Å². The van der Waals surface area contributed by atoms with Gasteiger partial charge in [-0.05, 0) is 31.0 Å². The number of hydrogen-bond acceptors (Lipinski definition) is 5. The fourth-order valence-corrected chi connectivity index (χ4v) is 2.14. The van der Waals surface area contributed by atoms with Crippen LogP contribution in [0.3, 0.4) is 0 Å². The molecule has 0 aliphatic carbocycles. The Morgan fingerprint density at radius 3 is 2.86 bits per heavy atom. The predicted octanol–water partition coefficient (Wildman–Crippen LogP) is 2.95. The number of hydrogen-bond donors (Lipinski definition) is 1. The summed E-state index contributed by atoms with van der Waals surface area (Å²) in [4.78, 5) is 21.0. The molecule has 2 rings (SSSR count). The summed E-state index contributed by atoms with van der Waals surface area (Å²) in [6.07, 6.45) is 7.48. The van der Waals surface area contributed by atoms with E-state index >= 15 is 0 Å². The smallest absolute Gasteiger partial charge is 0.294 e. The quantitative estimate of drug-likeness (QED) is 0.333. The van der Waals surface area contributed by atoms with Crippen LogP contribution in [0, 0.1) is 10.1 Å². The summed E-state index contributed by atoms with van der Waals surface area (Å²) in [5.41, 5.74) is 1.17. The number of carbonyl (C=O) groups excluding carboxylic acids is 1. The van der Waals surface area contributed by atoms with E-state index in [1.807, 2.05) is 0 Å². The molecule has 0 bridgehead atoms. The molecule has 0 unspecified atom stereocenters. The van der Waals surface area contributed by atoms with Crippen LogP contribution < -0.4 is 5.32 Å². The molecule has 1 heterocycles. The Morgan fingerprint density at radius 2 is 2.18 bits per heavy atom. The van der Waals surface area contributed by atoms with Crippen molar-refractivity contribution in [3.05, 3.63) is 46.8 Å². The fraction of sp³-hybridized carbons (Fsp3) is 0.333. The van der Waals surface area contributed by atoms with Crippen molar-refractivity contribution in [2.24, 2.45) is 0 Å². The molecular weight excluding hydrogens is 284 g/mol. The lowest BCUT2D eigenvalue weighted by molar-refractivity contribution is -0.383. The standard InChI is InChI=1S/C15H18N4O3/c20-11-4-2-1-3-8-16-14-7-6-13(12-15(14)19(21)22)18-10-5-9-17-18/h5-7,9-12,16H,1-4,8H2. The van der Waals surface area contributed by atoms with Gasteiger partial charge >= 0.3 is 0 Å². The summed E-state index contributed by atoms with van der Waals surface area (Å²) >= 11 is 0. The minimum absolute atomic E-state index is 0.0286. The van der Waals surface area contributed by atoms with Gasteiger partial charge in [0.15, 0.2) is 0 Å². The van der Waals surface area contributed by atoms with Crippen molar-refractivity contribution in [1.82, 2.24) is 9.78 Å². The van der Waals surface area contributed by atoms with Crippen molar-refractivity contribution in [2.45, 2.75) is 25.7 Å². The molecule has 1 aromatic carbocycles. The van der Waals surface area contributed by atoms with E-state index in [0.29, 0.717) is 24.3 Å². The summed E-state index contributed by atoms with van der Waals surface area (Å²) in [5.74, 6) is 0. The first kappa shape index (κ1) is 15.7. The predicted molar refractivity (Wildman–Crippen MR) is 83.2 cm³/mol. The second kappa shape index (κ2) is 7.92. The van der Waals surface area contributed by atoms with E-state index in [9.17, 15) is 14.9 Å². The van der Waals surface area contributed by atoms with Gasteiger partial charge in [-0.3, -0.25) is 10.1 Å². The maximum Gasteiger partial charge on any atom is 0.294 e. The molecule has 7 heteroatoms. The van der Waals surface area contributed by atoms with Crippen LogP contribution in [0.2, 0.25) is 0 Å². The van der Waals surface area contributed by atoms with Gasteiger partial charge in [-0.15, -0.1) is 0 Å². The molecule has 0 saturated carbocycles. The average molecular weight is 302 g/mol. The first-order chi connectivity index (χ1) is 10.7. The molecule has 0 spiro atoms. The van der Waals surface area contributed by atoms with Crippen LogP contribution >= 0.6 is 0 Å². The van der Waals surface area contributed by atoms with Crippen LogP contribution in [0.4, 0.5) is 11.4 Å². The van der Waals surface area contributed by atoms with E-state index in [-0.39, 0.29) is 5.69 Å². The van der Waals surface area contributed by atoms with Crippen molar-refractivity contribution >= 4 is 17.7 Å². The second-order valence-corrected chi connectivity index (χ2v) is 4.85. The van der Waals surface area contributed by atoms with Crippen molar-refractivity contribution in [3.8, 4) is 5.69 Å². The topological polar surface area (TPSA) is 90.1 Å². The largest absolute Gasteiger partial charge is 0.379 e. The second-order valence-electron chi connectivity index (χ2n) is 4.85. The van der Waals surface area contributed by atoms with Gasteiger partial charge in [0.25, 0.3) is 5.69 Å². The molecule has 0 aliphatic heterocycles. The van der Waals surface area contributed by atoms with Gasteiger partial charge in [-0.25, -0.2) is 4.68 Å². The number of anilines is 1. The van der Waals surface area contributed by atoms with Crippen LogP contribution in [0.25, 0.3) is 5.69 Å². The number of benzene rings is 1. The first-order valence-corrected chi connectivity index (χ1v) is 7.18. The number of nitrogens with one attached hydrogen (secondary N) is 1. The number of unbranched alkanes of at least 4 members (excludes halogenated alkanes) is 3. The number of nitrogens with zero attached hydrogens (tertiary/aromatic N) is 3. The van der Waals surface area contributed by atoms with Gasteiger partial charge in [0.05, 0.1) is 10.6 Å². The van der Waals surface area contributed by atoms with Crippen molar-refractivity contribution in [3.63, 3.8) is 0 Å². The zero-order valence-electron chi connectivity index (χ0n) is 12.1. The third-order valence-electron chi connectivity index (χ3n) is 3.26. The summed E-state index contributed by atoms with van der Waals surface area (Å²) in [5, 5.41) is 18.4. The molecule has 1 aromatic heterocycles. The van der Waals surface area contributed by atoms with Crippen LogP contribution in [-0.4, -0.2) is 27.5 Å². The zero-order valence-corrected chi connectivity index (χ0v) is 12.1. The van der Waals surface area contributed by atoms with Crippen LogP contribution in [0.15, 0.2) is 36.7 Å². The fourth-order valence-electron chi connectivity index (χ4n) is 2.14. The molecule has 2 aromatic rings. The summed E-state index contributed by atoms with van der Waals surface area (Å²) < 4.78 is 1.58. The van der Waals surface area contributed by atoms with Gasteiger partial charge in [-0.1, -0.05) is 6.42 Å². The number of carbonyl (C=O) groups is 1. The molecule has 0 radical (unpaired) electrons. The molecule has 116 valence electrons. The summed E-state index contributed by atoms with van der Waals surface area (Å²) in [6.45, 7) is 0.640. The molecule has 1 N–H and O–H groups in total. The molecule has 7 nitrogen and oxygen atoms in total. The minimum Gasteiger partial charge on any atom is -0.379 e. The van der Waals surface area contributed by atoms with Gasteiger partial charge in [-0.2, -0.15) is 5.10 Å². The van der Waals surface area contributed by atoms with Crippen LogP contribution in [0.5, 0.6) is 0 Å². The SMILES string of the molecule is O=CCCCCCNc1ccc(-n2cccn2)cc1[N+](=O)[O-]. The molecule has 0 aliphatic rings. The number of nitro benzene ring substituents is 1. The monoisotopic (exact) mass is 302 g/mol. The van der Waals surface area contributed by atoms with Crippen molar-refractivity contribution < 1.29 is 9.72 Å². The van der Waals surface area contributed by atoms with Gasteiger partial charge in [0.1, 0.15) is 12.0 Å². The van der Waals surface area contributed by atoms with Crippen LogP contribution in [0.1, 0.15) is 25.7 Å². The highest BCUT2D eigenvalue weighted by Gasteiger charge is 2.15. The Labute approximate surface area is 128 Å². The third kappa shape index (κ3) is 4.15. The Bertz CT molecular complexity index is 626. The van der Waals surface area contributed by atoms with Crippen molar-refractivity contribution in [1.29, 1.82) is 0 Å². The number of rotatable bonds is 9. The van der Waals surface area contributed by atoms with E-state index in [4.69, 9.17) is 0 Å². The van der Waals surface area contributed by atoms with E-state index in [1.165, 1.54) is 6.07 Å². The lowest BCUT2D eigenvalue weighted by Crippen LogP contribution is -2.05. The highest BCUT2D eigenvalue weighted by molar-refractivity contribution is 5.65. The first-order valence-electron chi connectivity index (χ1n) is 7.18. The molecular formula is C15H18N4O3. The molecule has 0 saturated heterocycles. The number of aromatic nitrogens is 2. The molecule has 0 amide bonds. The minimum atomic E-state index is -0.401. The Morgan fingerprint density at radius 1 is 1.32 bits per heavy atom. The maximum absolute atomic E-state index is 11.2. The normalized spacial score (nSPS) is 10.4. The van der Waals surface area contributed by atoms with E-state index in [2.05, 4.69) is 10.4 Å². The Hall–Kier alpha value is -2.70. The highest BCUT2D eigenvalue weighted by Crippen LogP contribution is 2.27.